The highest BCUT2D eigenvalue weighted by molar-refractivity contribution is 5.05. The van der Waals surface area contributed by atoms with Crippen molar-refractivity contribution in [1.29, 1.82) is 0 Å². The predicted octanol–water partition coefficient (Wildman–Crippen LogP) is -1.09. The highest BCUT2D eigenvalue weighted by Gasteiger charge is 2.35. The average molecular weight is 351 g/mol. The zero-order valence-electron chi connectivity index (χ0n) is 14.8. The summed E-state index contributed by atoms with van der Waals surface area (Å²) in [5, 5.41) is 19.0. The minimum absolute atomic E-state index is 0.186. The Morgan fingerprint density at radius 2 is 2.08 bits per heavy atom. The molecule has 1 saturated heterocycles. The Bertz CT molecular complexity index is 771. The van der Waals surface area contributed by atoms with Crippen molar-refractivity contribution in [3.05, 3.63) is 32.6 Å². The smallest absolute Gasteiger partial charge is 0.333 e. The monoisotopic (exact) mass is 351 g/mol. The number of aromatic nitrogens is 2. The van der Waals surface area contributed by atoms with Crippen molar-refractivity contribution in [3.8, 4) is 11.8 Å². The van der Waals surface area contributed by atoms with E-state index in [-0.39, 0.29) is 25.1 Å². The third-order valence-electron chi connectivity index (χ3n) is 4.04. The van der Waals surface area contributed by atoms with Gasteiger partial charge in [-0.25, -0.2) is 4.79 Å². The van der Waals surface area contributed by atoms with Gasteiger partial charge in [0.05, 0.1) is 19.3 Å². The number of aryl methyl sites for hydroxylation is 1. The van der Waals surface area contributed by atoms with Crippen LogP contribution in [-0.2, 0) is 11.3 Å². The van der Waals surface area contributed by atoms with Crippen LogP contribution in [0, 0.1) is 18.8 Å². The lowest BCUT2D eigenvalue weighted by Crippen LogP contribution is -2.42. The van der Waals surface area contributed by atoms with E-state index in [4.69, 9.17) is 4.74 Å². The number of hydrogen-bond donors (Lipinski definition) is 2. The summed E-state index contributed by atoms with van der Waals surface area (Å²) in [6.45, 7) is 2.11. The van der Waals surface area contributed by atoms with Gasteiger partial charge in [0.1, 0.15) is 12.3 Å². The van der Waals surface area contributed by atoms with E-state index in [1.54, 1.807) is 6.92 Å². The van der Waals surface area contributed by atoms with Crippen LogP contribution in [0.15, 0.2) is 15.8 Å². The van der Waals surface area contributed by atoms with Crippen LogP contribution < -0.4 is 11.2 Å². The van der Waals surface area contributed by atoms with Crippen LogP contribution in [0.4, 0.5) is 0 Å². The van der Waals surface area contributed by atoms with Gasteiger partial charge in [0.25, 0.3) is 5.56 Å². The average Bonchev–Trinajstić information content (AvgIpc) is 2.93. The number of rotatable bonds is 5. The van der Waals surface area contributed by atoms with Crippen molar-refractivity contribution in [2.24, 2.45) is 0 Å². The van der Waals surface area contributed by atoms with E-state index in [1.165, 1.54) is 10.8 Å². The van der Waals surface area contributed by atoms with E-state index in [0.29, 0.717) is 18.5 Å². The third-order valence-corrected chi connectivity index (χ3v) is 4.04. The first-order valence-electron chi connectivity index (χ1n) is 8.22. The van der Waals surface area contributed by atoms with Gasteiger partial charge in [0.2, 0.25) is 0 Å². The van der Waals surface area contributed by atoms with Crippen molar-refractivity contribution < 1.29 is 14.9 Å². The van der Waals surface area contributed by atoms with Crippen molar-refractivity contribution in [1.82, 2.24) is 14.0 Å². The molecule has 0 amide bonds. The Balaban J connectivity index is 2.23. The maximum absolute atomic E-state index is 12.6. The molecule has 0 saturated carbocycles. The van der Waals surface area contributed by atoms with Crippen LogP contribution in [0.3, 0.4) is 0 Å². The second-order valence-corrected chi connectivity index (χ2v) is 6.41. The SMILES string of the molecule is Cc1cn([C@H]2C[C@@H](O)[C@@H](CO)O2)c(=O)n(CCC#CCN(C)C)c1=O. The van der Waals surface area contributed by atoms with Gasteiger partial charge in [-0.1, -0.05) is 5.92 Å². The molecule has 2 rings (SSSR count). The summed E-state index contributed by atoms with van der Waals surface area (Å²) in [6, 6.07) is 0. The van der Waals surface area contributed by atoms with E-state index >= 15 is 0 Å². The first kappa shape index (κ1) is 19.4. The molecule has 0 spiro atoms. The summed E-state index contributed by atoms with van der Waals surface area (Å²) in [5.41, 5.74) is -0.444. The largest absolute Gasteiger partial charge is 0.394 e. The third kappa shape index (κ3) is 4.58. The van der Waals surface area contributed by atoms with Gasteiger partial charge in [-0.15, -0.1) is 5.92 Å². The van der Waals surface area contributed by atoms with Gasteiger partial charge in [0, 0.05) is 31.1 Å². The molecule has 0 bridgehead atoms. The molecule has 1 aromatic rings. The van der Waals surface area contributed by atoms with Crippen LogP contribution in [0.25, 0.3) is 0 Å². The van der Waals surface area contributed by atoms with E-state index in [1.807, 2.05) is 19.0 Å². The van der Waals surface area contributed by atoms with Crippen molar-refractivity contribution in [3.63, 3.8) is 0 Å². The first-order valence-corrected chi connectivity index (χ1v) is 8.22. The summed E-state index contributed by atoms with van der Waals surface area (Å²) < 4.78 is 7.97. The zero-order chi connectivity index (χ0) is 18.6. The molecule has 1 aliphatic heterocycles. The molecule has 0 aliphatic carbocycles. The normalized spacial score (nSPS) is 22.9. The quantitative estimate of drug-likeness (QED) is 0.655. The van der Waals surface area contributed by atoms with Gasteiger partial charge in [-0.05, 0) is 21.0 Å². The Hall–Kier alpha value is -1.92. The lowest BCUT2D eigenvalue weighted by molar-refractivity contribution is -0.0463. The molecule has 0 radical (unpaired) electrons. The second-order valence-electron chi connectivity index (χ2n) is 6.41. The molecule has 138 valence electrons. The lowest BCUT2D eigenvalue weighted by atomic mass is 10.2. The molecule has 25 heavy (non-hydrogen) atoms. The fourth-order valence-corrected chi connectivity index (χ4v) is 2.68. The summed E-state index contributed by atoms with van der Waals surface area (Å²) >= 11 is 0. The zero-order valence-corrected chi connectivity index (χ0v) is 14.8. The number of aliphatic hydroxyl groups excluding tert-OH is 2. The molecule has 1 fully saturated rings. The van der Waals surface area contributed by atoms with Crippen LogP contribution in [0.1, 0.15) is 24.6 Å². The second kappa shape index (κ2) is 8.45. The summed E-state index contributed by atoms with van der Waals surface area (Å²) in [4.78, 5) is 26.9. The highest BCUT2D eigenvalue weighted by Crippen LogP contribution is 2.27. The Morgan fingerprint density at radius 3 is 2.68 bits per heavy atom. The molecule has 8 heteroatoms. The van der Waals surface area contributed by atoms with Crippen LogP contribution in [-0.4, -0.2) is 63.7 Å². The molecule has 0 unspecified atom stereocenters. The van der Waals surface area contributed by atoms with Crippen LogP contribution in [0.2, 0.25) is 0 Å². The summed E-state index contributed by atoms with van der Waals surface area (Å²) in [6.07, 6.45) is -0.264. The Labute approximate surface area is 146 Å². The van der Waals surface area contributed by atoms with E-state index < -0.39 is 24.1 Å². The maximum Gasteiger partial charge on any atom is 0.333 e. The highest BCUT2D eigenvalue weighted by atomic mass is 16.5. The first-order chi connectivity index (χ1) is 11.8. The molecule has 2 heterocycles. The topological polar surface area (TPSA) is 96.9 Å². The van der Waals surface area contributed by atoms with Gasteiger partial charge in [-0.3, -0.25) is 18.8 Å². The lowest BCUT2D eigenvalue weighted by Gasteiger charge is -2.17. The van der Waals surface area contributed by atoms with E-state index in [0.717, 1.165) is 4.57 Å². The van der Waals surface area contributed by atoms with Crippen LogP contribution >= 0.6 is 0 Å². The number of nitrogens with zero attached hydrogens (tertiary/aromatic N) is 3. The minimum Gasteiger partial charge on any atom is -0.394 e. The van der Waals surface area contributed by atoms with Gasteiger partial charge < -0.3 is 14.9 Å². The number of hydrogen-bond acceptors (Lipinski definition) is 6. The summed E-state index contributed by atoms with van der Waals surface area (Å²) in [7, 11) is 3.82. The molecule has 8 nitrogen and oxygen atoms in total. The van der Waals surface area contributed by atoms with Crippen molar-refractivity contribution in [2.75, 3.05) is 27.2 Å². The van der Waals surface area contributed by atoms with E-state index in [9.17, 15) is 19.8 Å². The van der Waals surface area contributed by atoms with Gasteiger partial charge in [-0.2, -0.15) is 0 Å². The fraction of sp³-hybridized carbons (Fsp3) is 0.647. The molecular formula is C17H25N3O5. The Kier molecular flexibility index (Phi) is 6.56. The molecule has 0 aromatic carbocycles. The van der Waals surface area contributed by atoms with Crippen LogP contribution in [0.5, 0.6) is 0 Å². The number of aliphatic hydroxyl groups is 2. The molecule has 2 N–H and O–H groups in total. The molecule has 3 atom stereocenters. The maximum atomic E-state index is 12.6. The van der Waals surface area contributed by atoms with Crippen molar-refractivity contribution >= 4 is 0 Å². The fourth-order valence-electron chi connectivity index (χ4n) is 2.68. The van der Waals surface area contributed by atoms with Gasteiger partial charge in [0.15, 0.2) is 0 Å². The minimum atomic E-state index is -0.848. The number of ether oxygens (including phenoxy) is 1. The summed E-state index contributed by atoms with van der Waals surface area (Å²) in [5.74, 6) is 5.91. The Morgan fingerprint density at radius 1 is 1.36 bits per heavy atom. The molecular weight excluding hydrogens is 326 g/mol. The predicted molar refractivity (Wildman–Crippen MR) is 92.3 cm³/mol. The molecule has 1 aliphatic rings. The van der Waals surface area contributed by atoms with E-state index in [2.05, 4.69) is 11.8 Å². The molecule has 1 aromatic heterocycles. The van der Waals surface area contributed by atoms with Gasteiger partial charge >= 0.3 is 5.69 Å². The standard InChI is InChI=1S/C17H25N3O5/c1-12-10-20(15-9-13(22)14(11-21)25-15)17(24)19(16(12)23)8-6-4-5-7-18(2)3/h10,13-15,21-22H,6-9,11H2,1-3H3/t13-,14-,15-/m1/s1. The van der Waals surface area contributed by atoms with Crippen molar-refractivity contribution in [2.45, 2.75) is 44.7 Å².